The van der Waals surface area contributed by atoms with Gasteiger partial charge in [-0.05, 0) is 43.0 Å². The summed E-state index contributed by atoms with van der Waals surface area (Å²) in [6.45, 7) is 5.09. The fraction of sp³-hybridized carbons (Fsp3) is 0.500. The van der Waals surface area contributed by atoms with Crippen molar-refractivity contribution in [2.75, 3.05) is 20.7 Å². The number of rotatable bonds is 4. The van der Waals surface area contributed by atoms with Gasteiger partial charge in [0.25, 0.3) is 0 Å². The van der Waals surface area contributed by atoms with Crippen molar-refractivity contribution in [3.05, 3.63) is 34.1 Å². The molecule has 1 aromatic carbocycles. The number of ether oxygens (including phenoxy) is 1. The minimum absolute atomic E-state index is 0.895. The first kappa shape index (κ1) is 11.1. The number of benzene rings is 1. The quantitative estimate of drug-likeness (QED) is 0.719. The first-order valence-electron chi connectivity index (χ1n) is 4.88. The van der Waals surface area contributed by atoms with E-state index in [9.17, 15) is 0 Å². The van der Waals surface area contributed by atoms with Crippen LogP contribution in [0.3, 0.4) is 0 Å². The van der Waals surface area contributed by atoms with Crippen molar-refractivity contribution < 1.29 is 4.74 Å². The summed E-state index contributed by atoms with van der Waals surface area (Å²) >= 11 is 0. The van der Waals surface area contributed by atoms with Crippen molar-refractivity contribution in [2.45, 2.75) is 20.3 Å². The van der Waals surface area contributed by atoms with Gasteiger partial charge in [-0.3, -0.25) is 0 Å². The van der Waals surface area contributed by atoms with E-state index in [0.717, 1.165) is 18.7 Å². The molecule has 0 atom stereocenters. The molecule has 0 unspecified atom stereocenters. The molecule has 0 saturated carbocycles. The minimum atomic E-state index is 0.895. The first-order valence-corrected chi connectivity index (χ1v) is 4.88. The predicted molar refractivity (Wildman–Crippen MR) is 60.3 cm³/mol. The van der Waals surface area contributed by atoms with Gasteiger partial charge in [-0.1, -0.05) is 6.07 Å². The molecule has 0 aromatic heterocycles. The Morgan fingerprint density at radius 1 is 1.21 bits per heavy atom. The van der Waals surface area contributed by atoms with Crippen LogP contribution in [0.4, 0.5) is 0 Å². The zero-order valence-electron chi connectivity index (χ0n) is 9.42. The molecule has 0 heterocycles. The third-order valence-electron chi connectivity index (χ3n) is 2.46. The van der Waals surface area contributed by atoms with Gasteiger partial charge in [0.1, 0.15) is 5.75 Å². The van der Waals surface area contributed by atoms with Gasteiger partial charge in [-0.2, -0.15) is 7.05 Å². The van der Waals surface area contributed by atoms with Gasteiger partial charge in [-0.15, -0.1) is 6.54 Å². The molecule has 2 heteroatoms. The van der Waals surface area contributed by atoms with E-state index in [-0.39, 0.29) is 0 Å². The second-order valence-electron chi connectivity index (χ2n) is 3.54. The maximum Gasteiger partial charge on any atom is 0.122 e. The lowest BCUT2D eigenvalue weighted by molar-refractivity contribution is 0.411. The monoisotopic (exact) mass is 192 g/mol. The molecule has 78 valence electrons. The van der Waals surface area contributed by atoms with Crippen molar-refractivity contribution in [2.24, 2.45) is 0 Å². The van der Waals surface area contributed by atoms with Crippen LogP contribution in [-0.2, 0) is 6.42 Å². The van der Waals surface area contributed by atoms with Crippen LogP contribution in [0.25, 0.3) is 5.32 Å². The maximum atomic E-state index is 5.26. The van der Waals surface area contributed by atoms with Gasteiger partial charge in [0, 0.05) is 0 Å². The SMILES string of the molecule is C[N-]CCc1cc(C)c(OC)cc1C. The molecule has 0 saturated heterocycles. The van der Waals surface area contributed by atoms with Crippen molar-refractivity contribution in [3.8, 4) is 5.75 Å². The van der Waals surface area contributed by atoms with E-state index in [1.165, 1.54) is 16.7 Å². The summed E-state index contributed by atoms with van der Waals surface area (Å²) in [6, 6.07) is 4.29. The highest BCUT2D eigenvalue weighted by atomic mass is 16.5. The maximum absolute atomic E-state index is 5.26. The fourth-order valence-electron chi connectivity index (χ4n) is 1.57. The molecule has 14 heavy (non-hydrogen) atoms. The summed E-state index contributed by atoms with van der Waals surface area (Å²) in [7, 11) is 3.56. The highest BCUT2D eigenvalue weighted by Crippen LogP contribution is 2.22. The van der Waals surface area contributed by atoms with Crippen LogP contribution < -0.4 is 4.74 Å². The van der Waals surface area contributed by atoms with Crippen molar-refractivity contribution >= 4 is 0 Å². The van der Waals surface area contributed by atoms with Crippen LogP contribution in [0.2, 0.25) is 0 Å². The zero-order chi connectivity index (χ0) is 10.6. The highest BCUT2D eigenvalue weighted by Gasteiger charge is 2.02. The summed E-state index contributed by atoms with van der Waals surface area (Å²) in [5, 5.41) is 4.11. The number of nitrogens with zero attached hydrogens (tertiary/aromatic N) is 1. The summed E-state index contributed by atoms with van der Waals surface area (Å²) in [5.41, 5.74) is 3.86. The Morgan fingerprint density at radius 3 is 2.50 bits per heavy atom. The molecule has 0 amide bonds. The molecule has 2 nitrogen and oxygen atoms in total. The Kier molecular flexibility index (Phi) is 3.96. The smallest absolute Gasteiger partial charge is 0.122 e. The standard InChI is InChI=1S/C12H18NO/c1-9-8-12(14-4)10(2)7-11(9)5-6-13-3/h7-8H,5-6H2,1-4H3/q-1. The lowest BCUT2D eigenvalue weighted by atomic mass is 10.0. The lowest BCUT2D eigenvalue weighted by Crippen LogP contribution is -1.97. The average Bonchev–Trinajstić information content (AvgIpc) is 2.18. The van der Waals surface area contributed by atoms with Crippen LogP contribution in [-0.4, -0.2) is 20.7 Å². The third kappa shape index (κ3) is 2.48. The van der Waals surface area contributed by atoms with Crippen LogP contribution in [0.15, 0.2) is 12.1 Å². The second-order valence-corrected chi connectivity index (χ2v) is 3.54. The molecule has 0 aliphatic carbocycles. The van der Waals surface area contributed by atoms with E-state index in [0.29, 0.717) is 0 Å². The van der Waals surface area contributed by atoms with Crippen molar-refractivity contribution in [1.29, 1.82) is 0 Å². The fourth-order valence-corrected chi connectivity index (χ4v) is 1.57. The Morgan fingerprint density at radius 2 is 1.93 bits per heavy atom. The van der Waals surface area contributed by atoms with Gasteiger partial charge in [-0.25, -0.2) is 0 Å². The molecule has 0 fully saturated rings. The van der Waals surface area contributed by atoms with E-state index in [1.54, 1.807) is 7.11 Å². The average molecular weight is 192 g/mol. The van der Waals surface area contributed by atoms with Crippen LogP contribution >= 0.6 is 0 Å². The summed E-state index contributed by atoms with van der Waals surface area (Å²) in [4.78, 5) is 0. The summed E-state index contributed by atoms with van der Waals surface area (Å²) in [6.07, 6.45) is 1.02. The van der Waals surface area contributed by atoms with Crippen LogP contribution in [0.5, 0.6) is 5.75 Å². The summed E-state index contributed by atoms with van der Waals surface area (Å²) in [5.74, 6) is 0.972. The molecule has 1 aromatic rings. The molecule has 0 bridgehead atoms. The second kappa shape index (κ2) is 5.01. The first-order chi connectivity index (χ1) is 6.69. The molecule has 0 spiro atoms. The van der Waals surface area contributed by atoms with E-state index >= 15 is 0 Å². The molecule has 0 aliphatic rings. The van der Waals surface area contributed by atoms with Crippen LogP contribution in [0.1, 0.15) is 16.7 Å². The van der Waals surface area contributed by atoms with Gasteiger partial charge in [0.2, 0.25) is 0 Å². The molecule has 0 aliphatic heterocycles. The normalized spacial score (nSPS) is 10.3. The van der Waals surface area contributed by atoms with Gasteiger partial charge >= 0.3 is 0 Å². The Bertz CT molecular complexity index is 307. The Labute approximate surface area is 86.3 Å². The lowest BCUT2D eigenvalue weighted by Gasteiger charge is -2.15. The molecular formula is C12H18NO-. The number of hydrogen-bond donors (Lipinski definition) is 0. The van der Waals surface area contributed by atoms with Gasteiger partial charge < -0.3 is 10.1 Å². The molecular weight excluding hydrogens is 174 g/mol. The molecule has 1 rings (SSSR count). The number of likely N-dealkylation sites (N-methyl/N-ethyl adjacent to an activating group) is 1. The number of methoxy groups -OCH3 is 1. The topological polar surface area (TPSA) is 23.3 Å². The molecule has 0 radical (unpaired) electrons. The van der Waals surface area contributed by atoms with E-state index in [1.807, 2.05) is 7.05 Å². The molecule has 0 N–H and O–H groups in total. The Hall–Kier alpha value is -1.02. The van der Waals surface area contributed by atoms with Gasteiger partial charge in [0.05, 0.1) is 7.11 Å². The van der Waals surface area contributed by atoms with E-state index < -0.39 is 0 Å². The van der Waals surface area contributed by atoms with Gasteiger partial charge in [0.15, 0.2) is 0 Å². The summed E-state index contributed by atoms with van der Waals surface area (Å²) < 4.78 is 5.26. The van der Waals surface area contributed by atoms with E-state index in [4.69, 9.17) is 4.74 Å². The predicted octanol–water partition coefficient (Wildman–Crippen LogP) is 2.86. The third-order valence-corrected chi connectivity index (χ3v) is 2.46. The Balaban J connectivity index is 2.90. The van der Waals surface area contributed by atoms with Crippen LogP contribution in [0, 0.1) is 13.8 Å². The number of hydrogen-bond acceptors (Lipinski definition) is 1. The van der Waals surface area contributed by atoms with E-state index in [2.05, 4.69) is 31.3 Å². The zero-order valence-corrected chi connectivity index (χ0v) is 9.42. The van der Waals surface area contributed by atoms with Crippen molar-refractivity contribution in [1.82, 2.24) is 0 Å². The van der Waals surface area contributed by atoms with Crippen molar-refractivity contribution in [3.63, 3.8) is 0 Å². The number of aryl methyl sites for hydroxylation is 2. The highest BCUT2D eigenvalue weighted by molar-refractivity contribution is 5.41. The minimum Gasteiger partial charge on any atom is -0.665 e. The largest absolute Gasteiger partial charge is 0.665 e.